The van der Waals surface area contributed by atoms with Gasteiger partial charge >= 0.3 is 31.0 Å². The monoisotopic (exact) mass is 729 g/mol. The number of thiophene rings is 1. The molecule has 1 aromatic heterocycles. The van der Waals surface area contributed by atoms with Gasteiger partial charge in [-0.3, -0.25) is 32.7 Å². The van der Waals surface area contributed by atoms with Crippen molar-refractivity contribution in [2.75, 3.05) is 6.79 Å². The molecule has 1 amide bonds. The fourth-order valence-electron chi connectivity index (χ4n) is 4.04. The standard InChI is InChI=1S/C31H31ClF2NO11PS/c1-28(2,3)26(37)40-16-41-44-30(31-45-47(31,39)46-31,43-27(38)29(4,5)6)42-24(20-15-48-23-10-8-18(32)14-19(20)23)25(36)35-12-11-17-7-9-21(33)22(34)13-17/h7-15,24H,16H2,1-6H3,(H,35,36)/b12-11+. The number of hydrogen-bond acceptors (Lipinski definition) is 12. The van der Waals surface area contributed by atoms with Gasteiger partial charge in [-0.05, 0) is 88.9 Å². The summed E-state index contributed by atoms with van der Waals surface area (Å²) >= 11 is 7.50. The van der Waals surface area contributed by atoms with Crippen LogP contribution in [0, 0.1) is 22.5 Å². The molecule has 48 heavy (non-hydrogen) atoms. The molecular formula is C31H31ClF2NO11PS. The molecule has 12 nitrogen and oxygen atoms in total. The number of hydrogen-bond donors (Lipinski definition) is 1. The second kappa shape index (κ2) is 12.9. The second-order valence-electron chi connectivity index (χ2n) is 12.8. The van der Waals surface area contributed by atoms with Gasteiger partial charge in [0, 0.05) is 26.9 Å². The Morgan fingerprint density at radius 1 is 1.02 bits per heavy atom. The van der Waals surface area contributed by atoms with Crippen LogP contribution in [-0.4, -0.2) is 36.1 Å². The maximum atomic E-state index is 13.9. The van der Waals surface area contributed by atoms with Crippen molar-refractivity contribution in [1.29, 1.82) is 0 Å². The molecule has 1 N–H and O–H groups in total. The lowest BCUT2D eigenvalue weighted by atomic mass is 9.97. The molecule has 258 valence electrons. The topological polar surface area (TPSA) is 152 Å². The SMILES string of the molecule is CC(C)(C)C(=O)OCOOC(OC(=O)C(C)(C)C)(OC(C(=O)N/C=C/c1ccc(F)c(F)c1)c1csc2ccc(Cl)cc12)C12OP1(=O)O2. The summed E-state index contributed by atoms with van der Waals surface area (Å²) in [5.74, 6) is -7.66. The van der Waals surface area contributed by atoms with E-state index in [4.69, 9.17) is 44.6 Å². The molecule has 17 heteroatoms. The maximum Gasteiger partial charge on any atom is 0.428 e. The van der Waals surface area contributed by atoms with Gasteiger partial charge in [-0.1, -0.05) is 17.7 Å². The van der Waals surface area contributed by atoms with Crippen molar-refractivity contribution in [3.63, 3.8) is 0 Å². The highest BCUT2D eigenvalue weighted by Gasteiger charge is 3.04. The number of ether oxygens (including phenoxy) is 3. The third-order valence-electron chi connectivity index (χ3n) is 6.83. The Kier molecular flexibility index (Phi) is 9.67. The third kappa shape index (κ3) is 7.19. The average molecular weight is 730 g/mol. The number of rotatable bonds is 12. The largest absolute Gasteiger partial charge is 0.435 e. The van der Waals surface area contributed by atoms with E-state index in [0.29, 0.717) is 15.1 Å². The third-order valence-corrected chi connectivity index (χ3v) is 9.89. The van der Waals surface area contributed by atoms with Crippen molar-refractivity contribution in [3.05, 3.63) is 75.8 Å². The van der Waals surface area contributed by atoms with Crippen molar-refractivity contribution in [2.24, 2.45) is 10.8 Å². The van der Waals surface area contributed by atoms with Gasteiger partial charge < -0.3 is 14.8 Å². The first-order valence-electron chi connectivity index (χ1n) is 14.3. The van der Waals surface area contributed by atoms with Gasteiger partial charge in [0.2, 0.25) is 6.79 Å². The van der Waals surface area contributed by atoms with Gasteiger partial charge in [0.1, 0.15) is 0 Å². The van der Waals surface area contributed by atoms with Gasteiger partial charge in [-0.25, -0.2) is 8.78 Å². The molecule has 2 fully saturated rings. The van der Waals surface area contributed by atoms with Crippen molar-refractivity contribution in [1.82, 2.24) is 5.32 Å². The molecule has 3 heterocycles. The van der Waals surface area contributed by atoms with E-state index in [1.54, 1.807) is 44.4 Å². The molecule has 3 aromatic rings. The zero-order chi connectivity index (χ0) is 35.3. The van der Waals surface area contributed by atoms with Crippen LogP contribution in [0.5, 0.6) is 0 Å². The van der Waals surface area contributed by atoms with E-state index >= 15 is 0 Å². The van der Waals surface area contributed by atoms with Crippen molar-refractivity contribution in [3.8, 4) is 0 Å². The highest BCUT2D eigenvalue weighted by molar-refractivity contribution is 7.68. The number of halogens is 3. The van der Waals surface area contributed by atoms with E-state index in [0.717, 1.165) is 18.3 Å². The number of fused-ring (bicyclic) bond motifs is 2. The quantitative estimate of drug-likeness (QED) is 0.0380. The number of carbonyl (C=O) groups excluding carboxylic acids is 3. The summed E-state index contributed by atoms with van der Waals surface area (Å²) in [4.78, 5) is 50.1. The Morgan fingerprint density at radius 3 is 2.29 bits per heavy atom. The van der Waals surface area contributed by atoms with Crippen LogP contribution in [-0.2, 0) is 52.0 Å². The molecule has 2 aliphatic rings. The first-order chi connectivity index (χ1) is 22.3. The smallest absolute Gasteiger partial charge is 0.428 e. The van der Waals surface area contributed by atoms with Crippen LogP contribution in [0.3, 0.4) is 0 Å². The molecular weight excluding hydrogens is 699 g/mol. The summed E-state index contributed by atoms with van der Waals surface area (Å²) in [6.45, 7) is 8.47. The van der Waals surface area contributed by atoms with Crippen LogP contribution in [0.25, 0.3) is 16.2 Å². The van der Waals surface area contributed by atoms with Crippen molar-refractivity contribution >= 4 is 64.5 Å². The van der Waals surface area contributed by atoms with Crippen molar-refractivity contribution in [2.45, 2.75) is 59.1 Å². The van der Waals surface area contributed by atoms with Crippen LogP contribution in [0.1, 0.15) is 58.8 Å². The Labute approximate surface area is 282 Å². The number of nitrogens with one attached hydrogen (secondary N) is 1. The minimum absolute atomic E-state index is 0.197. The summed E-state index contributed by atoms with van der Waals surface area (Å²) in [5.41, 5.74) is -4.04. The highest BCUT2D eigenvalue weighted by Crippen LogP contribution is 3.00. The lowest BCUT2D eigenvalue weighted by molar-refractivity contribution is -0.534. The zero-order valence-corrected chi connectivity index (χ0v) is 28.9. The van der Waals surface area contributed by atoms with Gasteiger partial charge in [-0.2, -0.15) is 4.89 Å². The van der Waals surface area contributed by atoms with Gasteiger partial charge in [0.05, 0.1) is 10.8 Å². The normalized spacial score (nSPS) is 22.1. The van der Waals surface area contributed by atoms with Crippen LogP contribution in [0.2, 0.25) is 5.02 Å². The summed E-state index contributed by atoms with van der Waals surface area (Å²) in [6, 6.07) is 8.03. The van der Waals surface area contributed by atoms with Crippen LogP contribution in [0.4, 0.5) is 8.78 Å². The minimum atomic E-state index is -3.91. The summed E-state index contributed by atoms with van der Waals surface area (Å²) in [5, 5.41) is 4.85. The fraction of sp³-hybridized carbons (Fsp3) is 0.387. The number of amides is 1. The molecule has 2 aromatic carbocycles. The lowest BCUT2D eigenvalue weighted by Gasteiger charge is -2.34. The van der Waals surface area contributed by atoms with Crippen LogP contribution < -0.4 is 5.32 Å². The Balaban J connectivity index is 1.53. The minimum Gasteiger partial charge on any atom is -0.435 e. The summed E-state index contributed by atoms with van der Waals surface area (Å²) < 4.78 is 68.2. The average Bonchev–Trinajstić information content (AvgIpc) is 3.71. The Morgan fingerprint density at radius 2 is 1.69 bits per heavy atom. The molecule has 0 saturated carbocycles. The van der Waals surface area contributed by atoms with Crippen LogP contribution >= 0.6 is 30.5 Å². The molecule has 5 rings (SSSR count). The molecule has 0 bridgehead atoms. The number of benzene rings is 2. The van der Waals surface area contributed by atoms with Gasteiger partial charge in [-0.15, -0.1) is 16.2 Å². The molecule has 2 aliphatic heterocycles. The van der Waals surface area contributed by atoms with Gasteiger partial charge in [0.15, 0.2) is 17.7 Å². The fourth-order valence-corrected chi connectivity index (χ4v) is 6.85. The molecule has 2 saturated heterocycles. The van der Waals surface area contributed by atoms with E-state index in [9.17, 15) is 27.7 Å². The van der Waals surface area contributed by atoms with E-state index in [-0.39, 0.29) is 11.1 Å². The van der Waals surface area contributed by atoms with Crippen molar-refractivity contribution < 1.29 is 60.8 Å². The number of esters is 2. The Hall–Kier alpha value is -3.27. The predicted octanol–water partition coefficient (Wildman–Crippen LogP) is 7.32. The van der Waals surface area contributed by atoms with E-state index < -0.39 is 72.3 Å². The predicted molar refractivity (Wildman–Crippen MR) is 168 cm³/mol. The van der Waals surface area contributed by atoms with Crippen LogP contribution in [0.15, 0.2) is 48.0 Å². The maximum absolute atomic E-state index is 13.9. The molecule has 0 aliphatic carbocycles. The number of carbonyl (C=O) groups is 3. The van der Waals surface area contributed by atoms with Gasteiger partial charge in [0.25, 0.3) is 5.91 Å². The van der Waals surface area contributed by atoms with E-state index in [1.165, 1.54) is 44.3 Å². The highest BCUT2D eigenvalue weighted by atomic mass is 35.5. The van der Waals surface area contributed by atoms with E-state index in [1.807, 2.05) is 0 Å². The lowest BCUT2D eigenvalue weighted by Crippen LogP contribution is -2.53. The second-order valence-corrected chi connectivity index (χ2v) is 16.1. The Bertz CT molecular complexity index is 1840. The molecule has 2 unspecified atom stereocenters. The first-order valence-corrected chi connectivity index (χ1v) is 17.1. The summed E-state index contributed by atoms with van der Waals surface area (Å²) in [7, 11) is -3.91. The molecule has 2 atom stereocenters. The zero-order valence-electron chi connectivity index (χ0n) is 26.5. The molecule has 0 radical (unpaired) electrons. The summed E-state index contributed by atoms with van der Waals surface area (Å²) in [6.07, 6.45) is 0.678. The van der Waals surface area contributed by atoms with E-state index in [2.05, 4.69) is 5.32 Å². The first kappa shape index (κ1) is 36.0. The molecule has 0 spiro atoms.